The Kier molecular flexibility index (Phi) is 2.60. The fourth-order valence-electron chi connectivity index (χ4n) is 3.81. The van der Waals surface area contributed by atoms with Crippen molar-refractivity contribution >= 4 is 5.69 Å². The van der Waals surface area contributed by atoms with Crippen molar-refractivity contribution in [1.29, 1.82) is 5.26 Å². The fraction of sp³-hybridized carbons (Fsp3) is 0.562. The minimum Gasteiger partial charge on any atom is -0.371 e. The summed E-state index contributed by atoms with van der Waals surface area (Å²) < 4.78 is 13.6. The summed E-state index contributed by atoms with van der Waals surface area (Å²) in [5.74, 6) is 1.93. The third kappa shape index (κ3) is 2.00. The minimum absolute atomic E-state index is 0.126. The number of rotatable bonds is 1. The van der Waals surface area contributed by atoms with Gasteiger partial charge in [-0.05, 0) is 41.4 Å². The number of fused-ring (bicyclic) bond motifs is 1. The minimum atomic E-state index is -0.409. The molecule has 2 aliphatic rings. The van der Waals surface area contributed by atoms with E-state index >= 15 is 0 Å². The predicted octanol–water partition coefficient (Wildman–Crippen LogP) is 3.43. The first-order valence-corrected chi connectivity index (χ1v) is 6.86. The number of nitrogens with zero attached hydrogens (tertiary/aromatic N) is 2. The van der Waals surface area contributed by atoms with Gasteiger partial charge in [-0.2, -0.15) is 5.26 Å². The molecule has 0 amide bonds. The van der Waals surface area contributed by atoms with Gasteiger partial charge in [0.15, 0.2) is 0 Å². The van der Waals surface area contributed by atoms with Crippen LogP contribution in [0.25, 0.3) is 0 Å². The maximum absolute atomic E-state index is 13.6. The van der Waals surface area contributed by atoms with E-state index in [0.29, 0.717) is 5.41 Å². The maximum Gasteiger partial charge on any atom is 0.143 e. The first-order valence-electron chi connectivity index (χ1n) is 6.86. The summed E-state index contributed by atoms with van der Waals surface area (Å²) in [5.41, 5.74) is 1.43. The van der Waals surface area contributed by atoms with Gasteiger partial charge in [0.25, 0.3) is 0 Å². The molecule has 1 aliphatic carbocycles. The van der Waals surface area contributed by atoms with Gasteiger partial charge in [0, 0.05) is 18.8 Å². The third-order valence-corrected chi connectivity index (χ3v) is 4.63. The summed E-state index contributed by atoms with van der Waals surface area (Å²) >= 11 is 0. The Hall–Kier alpha value is -1.56. The van der Waals surface area contributed by atoms with E-state index in [-0.39, 0.29) is 5.56 Å². The molecule has 2 atom stereocenters. The van der Waals surface area contributed by atoms with Crippen molar-refractivity contribution in [2.45, 2.75) is 20.8 Å². The second-order valence-corrected chi connectivity index (χ2v) is 6.90. The average molecular weight is 258 g/mol. The number of hydrogen-bond donors (Lipinski definition) is 0. The van der Waals surface area contributed by atoms with Crippen LogP contribution in [-0.2, 0) is 0 Å². The highest BCUT2D eigenvalue weighted by Gasteiger charge is 2.59. The number of anilines is 1. The molecule has 3 heteroatoms. The van der Waals surface area contributed by atoms with Gasteiger partial charge in [-0.1, -0.05) is 20.8 Å². The Bertz CT molecular complexity index is 541. The van der Waals surface area contributed by atoms with Crippen LogP contribution in [-0.4, -0.2) is 13.1 Å². The molecule has 0 radical (unpaired) electrons. The summed E-state index contributed by atoms with van der Waals surface area (Å²) in [6.07, 6.45) is 0. The largest absolute Gasteiger partial charge is 0.371 e. The molecule has 1 saturated heterocycles. The molecule has 2 nitrogen and oxygen atoms in total. The summed E-state index contributed by atoms with van der Waals surface area (Å²) in [7, 11) is 0. The van der Waals surface area contributed by atoms with Gasteiger partial charge >= 0.3 is 0 Å². The van der Waals surface area contributed by atoms with Crippen molar-refractivity contribution in [3.05, 3.63) is 29.6 Å². The molecule has 1 aromatic rings. The van der Waals surface area contributed by atoms with Crippen LogP contribution in [0.2, 0.25) is 0 Å². The number of piperidine rings is 1. The molecule has 1 aliphatic heterocycles. The average Bonchev–Trinajstić information content (AvgIpc) is 2.87. The van der Waals surface area contributed by atoms with Gasteiger partial charge in [-0.25, -0.2) is 4.39 Å². The molecule has 100 valence electrons. The van der Waals surface area contributed by atoms with Crippen LogP contribution < -0.4 is 4.90 Å². The van der Waals surface area contributed by atoms with Crippen LogP contribution in [0.1, 0.15) is 26.3 Å². The summed E-state index contributed by atoms with van der Waals surface area (Å²) in [5, 5.41) is 8.74. The fourth-order valence-corrected chi connectivity index (χ4v) is 3.81. The van der Waals surface area contributed by atoms with E-state index in [4.69, 9.17) is 5.26 Å². The van der Waals surface area contributed by atoms with Crippen LogP contribution >= 0.6 is 0 Å². The van der Waals surface area contributed by atoms with Crippen LogP contribution in [0.4, 0.5) is 10.1 Å². The lowest BCUT2D eigenvalue weighted by Gasteiger charge is -2.27. The van der Waals surface area contributed by atoms with Gasteiger partial charge in [0.2, 0.25) is 0 Å². The number of hydrogen-bond acceptors (Lipinski definition) is 2. The Balaban J connectivity index is 1.72. The van der Waals surface area contributed by atoms with E-state index < -0.39 is 5.82 Å². The highest BCUT2D eigenvalue weighted by Crippen LogP contribution is 2.60. The van der Waals surface area contributed by atoms with E-state index in [1.165, 1.54) is 6.07 Å². The first-order chi connectivity index (χ1) is 8.91. The molecule has 0 bridgehead atoms. The maximum atomic E-state index is 13.6. The number of halogens is 1. The van der Waals surface area contributed by atoms with Gasteiger partial charge < -0.3 is 4.90 Å². The monoisotopic (exact) mass is 258 g/mol. The molecular formula is C16H19FN2. The van der Waals surface area contributed by atoms with E-state index in [9.17, 15) is 4.39 Å². The molecule has 3 rings (SSSR count). The summed E-state index contributed by atoms with van der Waals surface area (Å²) in [4.78, 5) is 2.25. The Morgan fingerprint density at radius 3 is 2.37 bits per heavy atom. The molecule has 1 aromatic carbocycles. The molecule has 0 aromatic heterocycles. The Morgan fingerprint density at radius 1 is 1.26 bits per heavy atom. The van der Waals surface area contributed by atoms with Crippen LogP contribution in [0, 0.1) is 40.3 Å². The van der Waals surface area contributed by atoms with Crippen molar-refractivity contribution in [2.75, 3.05) is 18.0 Å². The second-order valence-electron chi connectivity index (χ2n) is 6.90. The lowest BCUT2D eigenvalue weighted by Crippen LogP contribution is -2.27. The predicted molar refractivity (Wildman–Crippen MR) is 73.3 cm³/mol. The molecule has 2 fully saturated rings. The molecular weight excluding hydrogens is 239 g/mol. The van der Waals surface area contributed by atoms with E-state index in [0.717, 1.165) is 36.5 Å². The first kappa shape index (κ1) is 12.5. The second kappa shape index (κ2) is 3.96. The Labute approximate surface area is 113 Å². The highest BCUT2D eigenvalue weighted by atomic mass is 19.1. The highest BCUT2D eigenvalue weighted by molar-refractivity contribution is 5.52. The van der Waals surface area contributed by atoms with Gasteiger partial charge in [-0.3, -0.25) is 0 Å². The lowest BCUT2D eigenvalue weighted by atomic mass is 9.87. The molecule has 1 heterocycles. The zero-order valence-corrected chi connectivity index (χ0v) is 11.7. The Morgan fingerprint density at radius 2 is 1.89 bits per heavy atom. The van der Waals surface area contributed by atoms with Gasteiger partial charge in [0.1, 0.15) is 11.9 Å². The molecule has 0 spiro atoms. The van der Waals surface area contributed by atoms with Crippen LogP contribution in [0.3, 0.4) is 0 Å². The van der Waals surface area contributed by atoms with Crippen LogP contribution in [0.15, 0.2) is 18.2 Å². The molecule has 2 unspecified atom stereocenters. The number of benzene rings is 1. The standard InChI is InChI=1S/C16H19FN2/c1-16(2,3)15-12-8-19(9-13(12)15)11-5-4-10(7-18)14(17)6-11/h4-6,12-13,15H,8-9H2,1-3H3. The van der Waals surface area contributed by atoms with Crippen molar-refractivity contribution in [1.82, 2.24) is 0 Å². The van der Waals surface area contributed by atoms with Gasteiger partial charge in [-0.15, -0.1) is 0 Å². The zero-order chi connectivity index (χ0) is 13.8. The molecule has 1 saturated carbocycles. The normalized spacial score (nSPS) is 29.0. The van der Waals surface area contributed by atoms with E-state index in [1.807, 2.05) is 12.1 Å². The summed E-state index contributed by atoms with van der Waals surface area (Å²) in [6.45, 7) is 8.97. The van der Waals surface area contributed by atoms with Crippen LogP contribution in [0.5, 0.6) is 0 Å². The third-order valence-electron chi connectivity index (χ3n) is 4.63. The molecule has 0 N–H and O–H groups in total. The number of nitriles is 1. The smallest absolute Gasteiger partial charge is 0.143 e. The van der Waals surface area contributed by atoms with Gasteiger partial charge in [0.05, 0.1) is 5.56 Å². The summed E-state index contributed by atoms with van der Waals surface area (Å²) in [6, 6.07) is 6.80. The topological polar surface area (TPSA) is 27.0 Å². The quantitative estimate of drug-likeness (QED) is 0.771. The zero-order valence-electron chi connectivity index (χ0n) is 11.7. The van der Waals surface area contributed by atoms with E-state index in [2.05, 4.69) is 25.7 Å². The lowest BCUT2D eigenvalue weighted by molar-refractivity contribution is 0.309. The van der Waals surface area contributed by atoms with Crippen molar-refractivity contribution < 1.29 is 4.39 Å². The van der Waals surface area contributed by atoms with Crippen molar-refractivity contribution in [3.63, 3.8) is 0 Å². The SMILES string of the molecule is CC(C)(C)C1C2CN(c3ccc(C#N)c(F)c3)CC21. The van der Waals surface area contributed by atoms with E-state index in [1.54, 1.807) is 6.07 Å². The van der Waals surface area contributed by atoms with Crippen molar-refractivity contribution in [3.8, 4) is 6.07 Å². The molecule has 19 heavy (non-hydrogen) atoms. The van der Waals surface area contributed by atoms with Crippen molar-refractivity contribution in [2.24, 2.45) is 23.2 Å².